The van der Waals surface area contributed by atoms with Gasteiger partial charge in [-0.15, -0.1) is 12.4 Å². The summed E-state index contributed by atoms with van der Waals surface area (Å²) in [4.78, 5) is 12.1. The molecule has 8 heteroatoms. The quantitative estimate of drug-likeness (QED) is 0.695. The molecule has 2 atom stereocenters. The highest BCUT2D eigenvalue weighted by molar-refractivity contribution is 5.85. The number of carbonyl (C=O) groups is 1. The van der Waals surface area contributed by atoms with E-state index in [1.54, 1.807) is 6.07 Å². The Kier molecular flexibility index (Phi) is 8.37. The number of hydrogen-bond acceptors (Lipinski definition) is 3. The molecule has 0 saturated carbocycles. The zero-order valence-electron chi connectivity index (χ0n) is 14.7. The molecule has 1 aliphatic rings. The van der Waals surface area contributed by atoms with Crippen molar-refractivity contribution in [2.75, 3.05) is 19.6 Å². The molecule has 1 saturated heterocycles. The average molecular weight is 395 g/mol. The number of carbonyl (C=O) groups excluding carboxylic acids is 1. The summed E-state index contributed by atoms with van der Waals surface area (Å²) in [5.74, 6) is 0.0186. The van der Waals surface area contributed by atoms with E-state index in [0.29, 0.717) is 5.92 Å². The monoisotopic (exact) mass is 394 g/mol. The maximum Gasteiger partial charge on any atom is 0.423 e. The standard InChI is InChI=1S/C18H25F3N2O2.ClH/c1-13(14-7-9-22-10-8-14)11-16(24)23-12-17(25,18(19,20)21)15-5-3-2-4-6-15;/h2-6,13-14,22,25H,7-12H2,1H3,(H,23,24);1H. The van der Waals surface area contributed by atoms with Gasteiger partial charge in [0.15, 0.2) is 0 Å². The Balaban J connectivity index is 0.00000338. The summed E-state index contributed by atoms with van der Waals surface area (Å²) in [5.41, 5.74) is -3.38. The minimum atomic E-state index is -4.89. The van der Waals surface area contributed by atoms with Crippen LogP contribution in [0.4, 0.5) is 13.2 Å². The van der Waals surface area contributed by atoms with Crippen molar-refractivity contribution < 1.29 is 23.1 Å². The second-order valence-electron chi connectivity index (χ2n) is 6.77. The largest absolute Gasteiger partial charge is 0.423 e. The summed E-state index contributed by atoms with van der Waals surface area (Å²) in [7, 11) is 0. The molecule has 1 amide bonds. The van der Waals surface area contributed by atoms with Gasteiger partial charge < -0.3 is 15.7 Å². The number of halogens is 4. The Labute approximate surface area is 158 Å². The molecule has 1 fully saturated rings. The van der Waals surface area contributed by atoms with Gasteiger partial charge in [-0.25, -0.2) is 0 Å². The van der Waals surface area contributed by atoms with Crippen LogP contribution in [0, 0.1) is 11.8 Å². The fourth-order valence-electron chi connectivity index (χ4n) is 3.25. The topological polar surface area (TPSA) is 61.4 Å². The molecule has 1 aliphatic heterocycles. The van der Waals surface area contributed by atoms with Gasteiger partial charge in [0.2, 0.25) is 11.5 Å². The molecular formula is C18H26ClF3N2O2. The molecule has 0 aliphatic carbocycles. The van der Waals surface area contributed by atoms with Crippen LogP contribution in [0.3, 0.4) is 0 Å². The summed E-state index contributed by atoms with van der Waals surface area (Å²) in [5, 5.41) is 15.7. The van der Waals surface area contributed by atoms with Crippen LogP contribution < -0.4 is 10.6 Å². The molecule has 148 valence electrons. The van der Waals surface area contributed by atoms with E-state index in [9.17, 15) is 23.1 Å². The number of amides is 1. The zero-order chi connectivity index (χ0) is 18.5. The molecule has 3 N–H and O–H groups in total. The zero-order valence-corrected chi connectivity index (χ0v) is 15.5. The smallest absolute Gasteiger partial charge is 0.375 e. The van der Waals surface area contributed by atoms with Crippen molar-refractivity contribution in [2.45, 2.75) is 38.0 Å². The fourth-order valence-corrected chi connectivity index (χ4v) is 3.25. The van der Waals surface area contributed by atoms with E-state index in [0.717, 1.165) is 25.9 Å². The molecule has 2 rings (SSSR count). The van der Waals surface area contributed by atoms with Crippen LogP contribution in [0.25, 0.3) is 0 Å². The highest BCUT2D eigenvalue weighted by Crippen LogP contribution is 2.38. The van der Waals surface area contributed by atoms with Crippen molar-refractivity contribution in [1.29, 1.82) is 0 Å². The first kappa shape index (κ1) is 22.7. The number of benzene rings is 1. The lowest BCUT2D eigenvalue weighted by Crippen LogP contribution is -2.51. The molecule has 1 heterocycles. The lowest BCUT2D eigenvalue weighted by molar-refractivity contribution is -0.264. The van der Waals surface area contributed by atoms with Crippen molar-refractivity contribution >= 4 is 18.3 Å². The van der Waals surface area contributed by atoms with Gasteiger partial charge in [-0.3, -0.25) is 4.79 Å². The van der Waals surface area contributed by atoms with Gasteiger partial charge >= 0.3 is 6.18 Å². The van der Waals surface area contributed by atoms with E-state index in [2.05, 4.69) is 10.6 Å². The van der Waals surface area contributed by atoms with Crippen molar-refractivity contribution in [3.63, 3.8) is 0 Å². The molecule has 1 aromatic rings. The maximum absolute atomic E-state index is 13.4. The first-order valence-electron chi connectivity index (χ1n) is 8.56. The average Bonchev–Trinajstić information content (AvgIpc) is 2.60. The van der Waals surface area contributed by atoms with Gasteiger partial charge in [0, 0.05) is 6.42 Å². The molecular weight excluding hydrogens is 369 g/mol. The highest BCUT2D eigenvalue weighted by Gasteiger charge is 2.55. The van der Waals surface area contributed by atoms with E-state index < -0.39 is 24.2 Å². The van der Waals surface area contributed by atoms with Crippen LogP contribution in [-0.4, -0.2) is 36.8 Å². The SMILES string of the molecule is CC(CC(=O)NCC(O)(c1ccccc1)C(F)(F)F)C1CCNCC1.Cl. The minimum Gasteiger partial charge on any atom is -0.375 e. The van der Waals surface area contributed by atoms with Crippen LogP contribution in [0.2, 0.25) is 0 Å². The minimum absolute atomic E-state index is 0. The molecule has 0 bridgehead atoms. The van der Waals surface area contributed by atoms with Crippen molar-refractivity contribution in [3.8, 4) is 0 Å². The summed E-state index contributed by atoms with van der Waals surface area (Å²) in [6.07, 6.45) is -2.80. The first-order valence-corrected chi connectivity index (χ1v) is 8.56. The first-order chi connectivity index (χ1) is 11.7. The van der Waals surface area contributed by atoms with Gasteiger partial charge in [0.1, 0.15) is 0 Å². The van der Waals surface area contributed by atoms with E-state index in [4.69, 9.17) is 0 Å². The molecule has 0 radical (unpaired) electrons. The van der Waals surface area contributed by atoms with Gasteiger partial charge in [0.25, 0.3) is 0 Å². The highest BCUT2D eigenvalue weighted by atomic mass is 35.5. The second kappa shape index (κ2) is 9.58. The van der Waals surface area contributed by atoms with E-state index in [1.807, 2.05) is 6.92 Å². The number of hydrogen-bond donors (Lipinski definition) is 3. The van der Waals surface area contributed by atoms with Gasteiger partial charge in [-0.2, -0.15) is 13.2 Å². The summed E-state index contributed by atoms with van der Waals surface area (Å²) >= 11 is 0. The van der Waals surface area contributed by atoms with Gasteiger partial charge in [-0.1, -0.05) is 37.3 Å². The number of alkyl halides is 3. The maximum atomic E-state index is 13.4. The van der Waals surface area contributed by atoms with E-state index in [-0.39, 0.29) is 30.3 Å². The molecule has 26 heavy (non-hydrogen) atoms. The third-order valence-corrected chi connectivity index (χ3v) is 4.96. The predicted molar refractivity (Wildman–Crippen MR) is 96.0 cm³/mol. The third kappa shape index (κ3) is 5.59. The van der Waals surface area contributed by atoms with Gasteiger partial charge in [-0.05, 0) is 43.3 Å². The Morgan fingerprint density at radius 3 is 2.38 bits per heavy atom. The molecule has 1 aromatic carbocycles. The van der Waals surface area contributed by atoms with Crippen molar-refractivity contribution in [3.05, 3.63) is 35.9 Å². The second-order valence-corrected chi connectivity index (χ2v) is 6.77. The fraction of sp³-hybridized carbons (Fsp3) is 0.611. The van der Waals surface area contributed by atoms with Crippen LogP contribution in [0.5, 0.6) is 0 Å². The number of rotatable bonds is 6. The lowest BCUT2D eigenvalue weighted by atomic mass is 9.84. The number of aliphatic hydroxyl groups is 1. The predicted octanol–water partition coefficient (Wildman–Crippen LogP) is 3.00. The van der Waals surface area contributed by atoms with Crippen LogP contribution in [0.1, 0.15) is 31.7 Å². The van der Waals surface area contributed by atoms with Crippen molar-refractivity contribution in [1.82, 2.24) is 10.6 Å². The summed E-state index contributed by atoms with van der Waals surface area (Å²) < 4.78 is 40.2. The Morgan fingerprint density at radius 2 is 1.85 bits per heavy atom. The molecule has 2 unspecified atom stereocenters. The van der Waals surface area contributed by atoms with Crippen LogP contribution in [0.15, 0.2) is 30.3 Å². The molecule has 4 nitrogen and oxygen atoms in total. The van der Waals surface area contributed by atoms with Gasteiger partial charge in [0.05, 0.1) is 6.54 Å². The Hall–Kier alpha value is -1.31. The van der Waals surface area contributed by atoms with Crippen LogP contribution >= 0.6 is 12.4 Å². The van der Waals surface area contributed by atoms with Crippen LogP contribution in [-0.2, 0) is 10.4 Å². The Bertz CT molecular complexity index is 565. The van der Waals surface area contributed by atoms with E-state index >= 15 is 0 Å². The summed E-state index contributed by atoms with van der Waals surface area (Å²) in [6.45, 7) is 2.86. The van der Waals surface area contributed by atoms with E-state index in [1.165, 1.54) is 24.3 Å². The number of piperidine rings is 1. The normalized spacial score (nSPS) is 19.1. The third-order valence-electron chi connectivity index (χ3n) is 4.96. The molecule has 0 spiro atoms. The Morgan fingerprint density at radius 1 is 1.27 bits per heavy atom. The number of nitrogens with one attached hydrogen (secondary N) is 2. The lowest BCUT2D eigenvalue weighted by Gasteiger charge is -2.32. The van der Waals surface area contributed by atoms with Crippen molar-refractivity contribution in [2.24, 2.45) is 11.8 Å². The summed E-state index contributed by atoms with van der Waals surface area (Å²) in [6, 6.07) is 6.83. The molecule has 0 aromatic heterocycles.